The fourth-order valence-electron chi connectivity index (χ4n) is 2.80. The van der Waals surface area contributed by atoms with E-state index in [1.807, 2.05) is 0 Å². The zero-order chi connectivity index (χ0) is 21.8. The molecular formula is C20H17F4N5O. The van der Waals surface area contributed by atoms with Gasteiger partial charge in [0.2, 0.25) is 11.8 Å². The van der Waals surface area contributed by atoms with Crippen LogP contribution in [0.4, 0.5) is 29.2 Å². The number of hydrogen-bond acceptors (Lipinski definition) is 4. The second-order valence-corrected chi connectivity index (χ2v) is 6.45. The predicted molar refractivity (Wildman–Crippen MR) is 106 cm³/mol. The van der Waals surface area contributed by atoms with E-state index in [-0.39, 0.29) is 24.4 Å². The Balaban J connectivity index is 2.05. The summed E-state index contributed by atoms with van der Waals surface area (Å²) >= 11 is 0. The van der Waals surface area contributed by atoms with Crippen molar-refractivity contribution in [3.05, 3.63) is 82.1 Å². The Hall–Kier alpha value is -3.69. The molecule has 2 N–H and O–H groups in total. The van der Waals surface area contributed by atoms with Gasteiger partial charge in [-0.15, -0.1) is 0 Å². The molecule has 156 valence electrons. The Morgan fingerprint density at radius 3 is 2.77 bits per heavy atom. The van der Waals surface area contributed by atoms with E-state index in [1.54, 1.807) is 25.3 Å². The van der Waals surface area contributed by atoms with Gasteiger partial charge in [0.05, 0.1) is 23.8 Å². The van der Waals surface area contributed by atoms with E-state index in [1.165, 1.54) is 0 Å². The van der Waals surface area contributed by atoms with Crippen LogP contribution < -0.4 is 10.9 Å². The third-order valence-corrected chi connectivity index (χ3v) is 4.09. The standard InChI is InChI=1S/C20H17F4N5O/c1-11(22)5-13(6-15(23)8-21)9-29-10-16(24)19(30)28-20(29)27-17-7-14-3-4-25-18(14)26-12(17)2/h3-8,10H,9H2,1-2H3,(H,25,26)(H,27,28,30)/b11-5+,13-6+,15-8-. The molecule has 0 aromatic carbocycles. The zero-order valence-corrected chi connectivity index (χ0v) is 16.0. The van der Waals surface area contributed by atoms with Gasteiger partial charge >= 0.3 is 5.56 Å². The molecule has 0 atom stereocenters. The quantitative estimate of drug-likeness (QED) is 0.441. The number of anilines is 2. The third-order valence-electron chi connectivity index (χ3n) is 4.09. The Labute approximate surface area is 168 Å². The lowest BCUT2D eigenvalue weighted by molar-refractivity contribution is 0.576. The number of allylic oxidation sites excluding steroid dienone is 5. The minimum absolute atomic E-state index is 0.0229. The lowest BCUT2D eigenvalue weighted by Crippen LogP contribution is -2.20. The molecule has 0 fully saturated rings. The predicted octanol–water partition coefficient (Wildman–Crippen LogP) is 4.89. The van der Waals surface area contributed by atoms with Gasteiger partial charge in [-0.1, -0.05) is 0 Å². The van der Waals surface area contributed by atoms with Gasteiger partial charge in [-0.05, 0) is 43.7 Å². The molecule has 0 aliphatic heterocycles. The van der Waals surface area contributed by atoms with Crippen molar-refractivity contribution >= 4 is 22.7 Å². The number of hydrogen-bond donors (Lipinski definition) is 2. The molecule has 6 nitrogen and oxygen atoms in total. The van der Waals surface area contributed by atoms with Gasteiger partial charge in [0, 0.05) is 17.8 Å². The first kappa shape index (κ1) is 21.0. The minimum Gasteiger partial charge on any atom is -0.346 e. The number of nitrogens with one attached hydrogen (secondary N) is 2. The first-order valence-electron chi connectivity index (χ1n) is 8.76. The number of H-pyrrole nitrogens is 1. The van der Waals surface area contributed by atoms with Crippen molar-refractivity contribution in [3.8, 4) is 0 Å². The van der Waals surface area contributed by atoms with E-state index in [4.69, 9.17) is 0 Å². The van der Waals surface area contributed by atoms with Crippen LogP contribution >= 0.6 is 0 Å². The van der Waals surface area contributed by atoms with E-state index in [0.717, 1.165) is 35.2 Å². The van der Waals surface area contributed by atoms with Crippen LogP contribution in [0.15, 0.2) is 65.0 Å². The molecule has 3 aromatic rings. The highest BCUT2D eigenvalue weighted by Gasteiger charge is 2.13. The first-order valence-corrected chi connectivity index (χ1v) is 8.76. The number of aromatic nitrogens is 4. The highest BCUT2D eigenvalue weighted by molar-refractivity contribution is 5.81. The number of nitrogens with zero attached hydrogens (tertiary/aromatic N) is 3. The van der Waals surface area contributed by atoms with Crippen LogP contribution in [0.3, 0.4) is 0 Å². The molecule has 10 heteroatoms. The molecule has 0 saturated carbocycles. The molecule has 0 amide bonds. The van der Waals surface area contributed by atoms with E-state index < -0.39 is 23.0 Å². The van der Waals surface area contributed by atoms with Crippen molar-refractivity contribution in [2.24, 2.45) is 0 Å². The number of rotatable bonds is 6. The molecule has 0 aliphatic carbocycles. The summed E-state index contributed by atoms with van der Waals surface area (Å²) in [5.41, 5.74) is 0.582. The van der Waals surface area contributed by atoms with E-state index in [9.17, 15) is 22.4 Å². The van der Waals surface area contributed by atoms with Crippen LogP contribution in [-0.2, 0) is 6.54 Å². The Bertz CT molecular complexity index is 1240. The number of aromatic amines is 1. The van der Waals surface area contributed by atoms with Crippen LogP contribution in [0, 0.1) is 12.7 Å². The van der Waals surface area contributed by atoms with Gasteiger partial charge in [-0.25, -0.2) is 18.2 Å². The molecule has 0 spiro atoms. The molecule has 3 rings (SSSR count). The number of pyridine rings is 1. The van der Waals surface area contributed by atoms with Crippen molar-refractivity contribution < 1.29 is 17.6 Å². The molecule has 3 aromatic heterocycles. The Kier molecular flexibility index (Phi) is 6.14. The SMILES string of the molecule is C\C(F)=C/C(=C\C(F)=C\F)Cn1cc(F)c(=O)nc1Nc1cc2cc[nH]c2nc1C. The maximum absolute atomic E-state index is 13.9. The summed E-state index contributed by atoms with van der Waals surface area (Å²) in [4.78, 5) is 22.8. The minimum atomic E-state index is -1.25. The summed E-state index contributed by atoms with van der Waals surface area (Å²) in [5.74, 6) is -3.15. The van der Waals surface area contributed by atoms with Crippen LogP contribution in [0.25, 0.3) is 11.0 Å². The molecule has 0 unspecified atom stereocenters. The molecule has 0 radical (unpaired) electrons. The fourth-order valence-corrected chi connectivity index (χ4v) is 2.80. The maximum Gasteiger partial charge on any atom is 0.310 e. The van der Waals surface area contributed by atoms with Gasteiger partial charge < -0.3 is 14.9 Å². The van der Waals surface area contributed by atoms with Crippen molar-refractivity contribution in [1.29, 1.82) is 0 Å². The van der Waals surface area contributed by atoms with Gasteiger partial charge in [-0.2, -0.15) is 9.37 Å². The summed E-state index contributed by atoms with van der Waals surface area (Å²) in [6.45, 7) is 2.54. The normalized spacial score (nSPS) is 13.2. The zero-order valence-electron chi connectivity index (χ0n) is 16.0. The van der Waals surface area contributed by atoms with Crippen molar-refractivity contribution in [3.63, 3.8) is 0 Å². The lowest BCUT2D eigenvalue weighted by atomic mass is 10.2. The van der Waals surface area contributed by atoms with Crippen LogP contribution in [0.2, 0.25) is 0 Å². The summed E-state index contributed by atoms with van der Waals surface area (Å²) in [6, 6.07) is 3.54. The van der Waals surface area contributed by atoms with Crippen molar-refractivity contribution in [2.75, 3.05) is 5.32 Å². The summed E-state index contributed by atoms with van der Waals surface area (Å²) < 4.78 is 54.2. The highest BCUT2D eigenvalue weighted by atomic mass is 19.2. The Morgan fingerprint density at radius 1 is 1.30 bits per heavy atom. The molecular weight excluding hydrogens is 402 g/mol. The van der Waals surface area contributed by atoms with Crippen LogP contribution in [0.1, 0.15) is 12.6 Å². The van der Waals surface area contributed by atoms with Gasteiger partial charge in [0.15, 0.2) is 5.83 Å². The average Bonchev–Trinajstić information content (AvgIpc) is 3.12. The first-order chi connectivity index (χ1) is 14.3. The number of aryl methyl sites for hydroxylation is 1. The van der Waals surface area contributed by atoms with Gasteiger partial charge in [-0.3, -0.25) is 4.79 Å². The fraction of sp³-hybridized carbons (Fsp3) is 0.150. The lowest BCUT2D eigenvalue weighted by Gasteiger charge is -2.15. The molecule has 0 aliphatic rings. The van der Waals surface area contributed by atoms with Gasteiger partial charge in [0.1, 0.15) is 12.0 Å². The highest BCUT2D eigenvalue weighted by Crippen LogP contribution is 2.23. The molecule has 0 saturated heterocycles. The second-order valence-electron chi connectivity index (χ2n) is 6.45. The van der Waals surface area contributed by atoms with E-state index in [0.29, 0.717) is 17.0 Å². The monoisotopic (exact) mass is 419 g/mol. The van der Waals surface area contributed by atoms with Gasteiger partial charge in [0.25, 0.3) is 0 Å². The van der Waals surface area contributed by atoms with E-state index >= 15 is 0 Å². The van der Waals surface area contributed by atoms with Crippen LogP contribution in [-0.4, -0.2) is 19.5 Å². The summed E-state index contributed by atoms with van der Waals surface area (Å²) in [5, 5.41) is 3.68. The summed E-state index contributed by atoms with van der Waals surface area (Å²) in [7, 11) is 0. The van der Waals surface area contributed by atoms with E-state index in [2.05, 4.69) is 20.3 Å². The molecule has 30 heavy (non-hydrogen) atoms. The largest absolute Gasteiger partial charge is 0.346 e. The third kappa shape index (κ3) is 4.83. The Morgan fingerprint density at radius 2 is 2.07 bits per heavy atom. The number of halogens is 4. The molecule has 0 bridgehead atoms. The summed E-state index contributed by atoms with van der Waals surface area (Å²) in [6.07, 6.45) is 3.99. The smallest absolute Gasteiger partial charge is 0.310 e. The van der Waals surface area contributed by atoms with Crippen LogP contribution in [0.5, 0.6) is 0 Å². The average molecular weight is 419 g/mol. The number of fused-ring (bicyclic) bond motifs is 1. The van der Waals surface area contributed by atoms with Crippen molar-refractivity contribution in [1.82, 2.24) is 19.5 Å². The topological polar surface area (TPSA) is 75.6 Å². The van der Waals surface area contributed by atoms with Crippen molar-refractivity contribution in [2.45, 2.75) is 20.4 Å². The molecule has 3 heterocycles. The second kappa shape index (κ2) is 8.76. The maximum atomic E-state index is 13.9.